The molecule has 0 saturated carbocycles. The van der Waals surface area contributed by atoms with E-state index >= 15 is 0 Å². The van der Waals surface area contributed by atoms with Crippen LogP contribution in [0.25, 0.3) is 0 Å². The fraction of sp³-hybridized carbons (Fsp3) is 0.613. The molecule has 6 heteroatoms. The average molecular weight is 516 g/mol. The lowest BCUT2D eigenvalue weighted by molar-refractivity contribution is -0.114. The highest BCUT2D eigenvalue weighted by molar-refractivity contribution is 5.58. The molecule has 0 amide bonds. The van der Waals surface area contributed by atoms with Gasteiger partial charge in [-0.05, 0) is 38.8 Å². The molecule has 0 aliphatic carbocycles. The zero-order valence-electron chi connectivity index (χ0n) is 24.8. The monoisotopic (exact) mass is 515 g/mol. The fourth-order valence-electron chi connectivity index (χ4n) is 5.32. The highest BCUT2D eigenvalue weighted by Crippen LogP contribution is 2.54. The SMILES string of the molecule is CC.CC.CC.CCOc1ccc(C2c3cc4c(cc3OC(C)(N3CCCC3)C2C)OCO4)c(OC)c1. The van der Waals surface area contributed by atoms with Crippen molar-refractivity contribution in [2.75, 3.05) is 33.6 Å². The first-order valence-electron chi connectivity index (χ1n) is 14.2. The van der Waals surface area contributed by atoms with Crippen molar-refractivity contribution in [2.24, 2.45) is 5.92 Å². The Morgan fingerprint density at radius 1 is 0.892 bits per heavy atom. The molecule has 3 aliphatic rings. The van der Waals surface area contributed by atoms with E-state index in [1.807, 2.05) is 66.7 Å². The topological polar surface area (TPSA) is 49.4 Å². The van der Waals surface area contributed by atoms with Gasteiger partial charge in [-0.25, -0.2) is 0 Å². The van der Waals surface area contributed by atoms with E-state index in [4.69, 9.17) is 23.7 Å². The van der Waals surface area contributed by atoms with Crippen LogP contribution in [0.1, 0.15) is 92.2 Å². The van der Waals surface area contributed by atoms with Crippen molar-refractivity contribution in [2.45, 2.75) is 86.8 Å². The Morgan fingerprint density at radius 3 is 2.11 bits per heavy atom. The molecule has 3 atom stereocenters. The third-order valence-electron chi connectivity index (χ3n) is 7.09. The van der Waals surface area contributed by atoms with E-state index in [2.05, 4.69) is 30.9 Å². The summed E-state index contributed by atoms with van der Waals surface area (Å²) in [7, 11) is 1.72. The number of rotatable bonds is 5. The molecular weight excluding hydrogens is 466 g/mol. The van der Waals surface area contributed by atoms with Gasteiger partial charge in [0, 0.05) is 48.2 Å². The van der Waals surface area contributed by atoms with Crippen LogP contribution in [0.4, 0.5) is 0 Å². The van der Waals surface area contributed by atoms with Crippen molar-refractivity contribution in [3.8, 4) is 28.7 Å². The molecule has 6 nitrogen and oxygen atoms in total. The smallest absolute Gasteiger partial charge is 0.231 e. The predicted molar refractivity (Wildman–Crippen MR) is 152 cm³/mol. The second kappa shape index (κ2) is 14.4. The standard InChI is InChI=1S/C25H31NO5.3C2H6/c1-5-28-17-8-9-18(20(12-17)27-4)24-16(2)25(3,26-10-6-7-11-26)31-21-14-23-22(13-19(21)24)29-15-30-23;3*1-2/h8-9,12-14,16,24H,5-7,10-11,15H2,1-4H3;3*1-2H3. The summed E-state index contributed by atoms with van der Waals surface area (Å²) >= 11 is 0. The highest BCUT2D eigenvalue weighted by atomic mass is 16.7. The van der Waals surface area contributed by atoms with Gasteiger partial charge in [0.1, 0.15) is 17.2 Å². The largest absolute Gasteiger partial charge is 0.496 e. The minimum Gasteiger partial charge on any atom is -0.496 e. The van der Waals surface area contributed by atoms with E-state index in [0.29, 0.717) is 6.61 Å². The molecule has 0 bridgehead atoms. The van der Waals surface area contributed by atoms with Crippen molar-refractivity contribution in [3.63, 3.8) is 0 Å². The Labute approximate surface area is 225 Å². The van der Waals surface area contributed by atoms with Crippen molar-refractivity contribution in [1.82, 2.24) is 4.90 Å². The summed E-state index contributed by atoms with van der Waals surface area (Å²) in [6.07, 6.45) is 2.41. The van der Waals surface area contributed by atoms with Gasteiger partial charge in [-0.15, -0.1) is 0 Å². The van der Waals surface area contributed by atoms with E-state index < -0.39 is 5.72 Å². The molecular formula is C31H49NO5. The quantitative estimate of drug-likeness (QED) is 0.404. The van der Waals surface area contributed by atoms with Crippen LogP contribution in [-0.4, -0.2) is 44.2 Å². The first kappa shape index (κ1) is 30.6. The zero-order valence-corrected chi connectivity index (χ0v) is 24.8. The maximum atomic E-state index is 6.75. The molecule has 1 saturated heterocycles. The van der Waals surface area contributed by atoms with E-state index in [-0.39, 0.29) is 18.6 Å². The number of benzene rings is 2. The summed E-state index contributed by atoms with van der Waals surface area (Å²) in [6, 6.07) is 10.2. The number of hydrogen-bond acceptors (Lipinski definition) is 6. The van der Waals surface area contributed by atoms with Gasteiger partial charge < -0.3 is 23.7 Å². The molecule has 5 rings (SSSR count). The Kier molecular flexibility index (Phi) is 11.9. The van der Waals surface area contributed by atoms with Crippen molar-refractivity contribution < 1.29 is 23.7 Å². The zero-order chi connectivity index (χ0) is 27.6. The second-order valence-electron chi connectivity index (χ2n) is 8.70. The molecule has 0 radical (unpaired) electrons. The van der Waals surface area contributed by atoms with Gasteiger partial charge in [-0.3, -0.25) is 4.90 Å². The Morgan fingerprint density at radius 2 is 1.51 bits per heavy atom. The third-order valence-corrected chi connectivity index (χ3v) is 7.09. The lowest BCUT2D eigenvalue weighted by Crippen LogP contribution is -2.57. The number of nitrogens with zero attached hydrogens (tertiary/aromatic N) is 1. The second-order valence-corrected chi connectivity index (χ2v) is 8.70. The third kappa shape index (κ3) is 6.11. The van der Waals surface area contributed by atoms with E-state index in [9.17, 15) is 0 Å². The van der Waals surface area contributed by atoms with Crippen LogP contribution in [0.15, 0.2) is 30.3 Å². The Hall–Kier alpha value is -2.60. The maximum absolute atomic E-state index is 6.75. The molecule has 3 heterocycles. The minimum absolute atomic E-state index is 0.0782. The Bertz CT molecular complexity index is 972. The van der Waals surface area contributed by atoms with Gasteiger partial charge in [-0.1, -0.05) is 54.5 Å². The maximum Gasteiger partial charge on any atom is 0.231 e. The number of likely N-dealkylation sites (tertiary alicyclic amines) is 1. The molecule has 208 valence electrons. The fourth-order valence-corrected chi connectivity index (χ4v) is 5.32. The summed E-state index contributed by atoms with van der Waals surface area (Å²) in [5, 5.41) is 0. The van der Waals surface area contributed by atoms with Gasteiger partial charge in [0.05, 0.1) is 13.7 Å². The molecule has 0 aromatic heterocycles. The normalized spacial score (nSPS) is 23.1. The van der Waals surface area contributed by atoms with Crippen molar-refractivity contribution in [1.29, 1.82) is 0 Å². The van der Waals surface area contributed by atoms with Gasteiger partial charge >= 0.3 is 0 Å². The lowest BCUT2D eigenvalue weighted by Gasteiger charge is -2.50. The van der Waals surface area contributed by atoms with E-state index in [1.54, 1.807) is 7.11 Å². The van der Waals surface area contributed by atoms with Crippen molar-refractivity contribution >= 4 is 0 Å². The first-order valence-corrected chi connectivity index (χ1v) is 14.2. The number of hydrogen-bond donors (Lipinski definition) is 0. The predicted octanol–water partition coefficient (Wildman–Crippen LogP) is 7.87. The van der Waals surface area contributed by atoms with Crippen LogP contribution in [0, 0.1) is 5.92 Å². The Balaban J connectivity index is 0.000000750. The highest BCUT2D eigenvalue weighted by Gasteiger charge is 2.50. The van der Waals surface area contributed by atoms with Crippen LogP contribution >= 0.6 is 0 Å². The molecule has 3 unspecified atom stereocenters. The van der Waals surface area contributed by atoms with Crippen LogP contribution in [0.2, 0.25) is 0 Å². The molecule has 0 N–H and O–H groups in total. The van der Waals surface area contributed by atoms with Gasteiger partial charge in [0.15, 0.2) is 17.2 Å². The summed E-state index contributed by atoms with van der Waals surface area (Å²) in [6.45, 7) is 21.5. The van der Waals surface area contributed by atoms with Gasteiger partial charge in [-0.2, -0.15) is 0 Å². The molecule has 3 aliphatic heterocycles. The molecule has 0 spiro atoms. The lowest BCUT2D eigenvalue weighted by atomic mass is 9.73. The molecule has 2 aromatic carbocycles. The summed E-state index contributed by atoms with van der Waals surface area (Å²) in [4.78, 5) is 2.49. The number of ether oxygens (including phenoxy) is 5. The van der Waals surface area contributed by atoms with Crippen LogP contribution in [0.5, 0.6) is 28.7 Å². The van der Waals surface area contributed by atoms with Crippen LogP contribution in [0.3, 0.4) is 0 Å². The molecule has 1 fully saturated rings. The first-order chi connectivity index (χ1) is 18.0. The van der Waals surface area contributed by atoms with Gasteiger partial charge in [0.2, 0.25) is 6.79 Å². The number of fused-ring (bicyclic) bond motifs is 2. The van der Waals surface area contributed by atoms with Crippen LogP contribution < -0.4 is 23.7 Å². The molecule has 37 heavy (non-hydrogen) atoms. The van der Waals surface area contributed by atoms with E-state index in [1.165, 1.54) is 12.8 Å². The van der Waals surface area contributed by atoms with Gasteiger partial charge in [0.25, 0.3) is 0 Å². The molecule has 2 aromatic rings. The average Bonchev–Trinajstić information content (AvgIpc) is 3.65. The minimum atomic E-state index is -0.425. The van der Waals surface area contributed by atoms with E-state index in [0.717, 1.165) is 53.0 Å². The summed E-state index contributed by atoms with van der Waals surface area (Å²) in [5.74, 6) is 4.29. The number of methoxy groups -OCH3 is 1. The van der Waals surface area contributed by atoms with Crippen LogP contribution in [-0.2, 0) is 0 Å². The summed E-state index contributed by atoms with van der Waals surface area (Å²) in [5.41, 5.74) is 1.81. The summed E-state index contributed by atoms with van der Waals surface area (Å²) < 4.78 is 29.7. The van der Waals surface area contributed by atoms with Crippen molar-refractivity contribution in [3.05, 3.63) is 41.5 Å².